The van der Waals surface area contributed by atoms with Gasteiger partial charge in [-0.05, 0) is 42.0 Å². The van der Waals surface area contributed by atoms with Crippen LogP contribution in [-0.2, 0) is 6.42 Å². The van der Waals surface area contributed by atoms with E-state index in [9.17, 15) is 0 Å². The largest absolute Gasteiger partial charge is 0.330 e. The van der Waals surface area contributed by atoms with Crippen molar-refractivity contribution in [2.24, 2.45) is 11.7 Å². The number of aryl methyl sites for hydroxylation is 1. The molecule has 0 aliphatic rings. The maximum Gasteiger partial charge on any atom is -0.00424 e. The lowest BCUT2D eigenvalue weighted by atomic mass is 9.93. The molecule has 0 heterocycles. The third-order valence-corrected chi connectivity index (χ3v) is 2.98. The first-order chi connectivity index (χ1) is 8.19. The highest BCUT2D eigenvalue weighted by Gasteiger charge is 2.05. The van der Waals surface area contributed by atoms with Crippen molar-refractivity contribution in [1.29, 1.82) is 0 Å². The number of hydrogen-bond acceptors (Lipinski definition) is 1. The van der Waals surface area contributed by atoms with Gasteiger partial charge in [0, 0.05) is 0 Å². The van der Waals surface area contributed by atoms with Crippen LogP contribution in [0.15, 0.2) is 30.3 Å². The molecule has 0 radical (unpaired) electrons. The normalized spacial score (nSPS) is 12.2. The molecule has 0 aliphatic heterocycles. The molecule has 1 rings (SSSR count). The third kappa shape index (κ3) is 4.35. The molecule has 2 N–H and O–H groups in total. The predicted octanol–water partition coefficient (Wildman–Crippen LogP) is 4.03. The van der Waals surface area contributed by atoms with Crippen molar-refractivity contribution in [2.75, 3.05) is 6.54 Å². The lowest BCUT2D eigenvalue weighted by Gasteiger charge is -2.12. The lowest BCUT2D eigenvalue weighted by molar-refractivity contribution is 0.846. The van der Waals surface area contributed by atoms with Crippen molar-refractivity contribution < 1.29 is 0 Å². The van der Waals surface area contributed by atoms with Gasteiger partial charge in [0.15, 0.2) is 0 Å². The summed E-state index contributed by atoms with van der Waals surface area (Å²) >= 11 is 0. The Bertz CT molecular complexity index is 346. The number of allylic oxidation sites excluding steroid dienone is 1. The molecule has 1 nitrogen and oxygen atoms in total. The van der Waals surface area contributed by atoms with Crippen molar-refractivity contribution in [3.8, 4) is 0 Å². The topological polar surface area (TPSA) is 26.0 Å². The average molecular weight is 231 g/mol. The zero-order valence-electron chi connectivity index (χ0n) is 11.4. The van der Waals surface area contributed by atoms with Gasteiger partial charge in [0.1, 0.15) is 0 Å². The van der Waals surface area contributed by atoms with Gasteiger partial charge in [-0.25, -0.2) is 0 Å². The second-order valence-electron chi connectivity index (χ2n) is 4.84. The van der Waals surface area contributed by atoms with E-state index in [2.05, 4.69) is 51.1 Å². The number of hydrogen-bond donors (Lipinski definition) is 1. The Morgan fingerprint density at radius 2 is 1.88 bits per heavy atom. The summed E-state index contributed by atoms with van der Waals surface area (Å²) in [5.41, 5.74) is 9.76. The summed E-state index contributed by atoms with van der Waals surface area (Å²) in [5.74, 6) is 0.554. The SMILES string of the molecule is CCCc1ccc(/C(=C/CCN)C(C)C)cc1. The first-order valence-electron chi connectivity index (χ1n) is 6.68. The fourth-order valence-electron chi connectivity index (χ4n) is 2.08. The monoisotopic (exact) mass is 231 g/mol. The van der Waals surface area contributed by atoms with E-state index in [0.717, 1.165) is 13.0 Å². The molecule has 0 aromatic heterocycles. The molecule has 0 saturated carbocycles. The highest BCUT2D eigenvalue weighted by atomic mass is 14.5. The Hall–Kier alpha value is -1.08. The van der Waals surface area contributed by atoms with E-state index in [1.165, 1.54) is 29.5 Å². The van der Waals surface area contributed by atoms with Crippen LogP contribution < -0.4 is 5.73 Å². The van der Waals surface area contributed by atoms with Crippen LogP contribution in [-0.4, -0.2) is 6.54 Å². The van der Waals surface area contributed by atoms with Crippen molar-refractivity contribution >= 4 is 5.57 Å². The predicted molar refractivity (Wildman–Crippen MR) is 76.9 cm³/mol. The van der Waals surface area contributed by atoms with E-state index in [1.807, 2.05) is 0 Å². The van der Waals surface area contributed by atoms with Gasteiger partial charge in [-0.1, -0.05) is 57.5 Å². The Morgan fingerprint density at radius 1 is 1.24 bits per heavy atom. The fraction of sp³-hybridized carbons (Fsp3) is 0.500. The molecular weight excluding hydrogens is 206 g/mol. The second kappa shape index (κ2) is 7.29. The average Bonchev–Trinajstić information content (AvgIpc) is 2.31. The van der Waals surface area contributed by atoms with Gasteiger partial charge in [-0.2, -0.15) is 0 Å². The van der Waals surface area contributed by atoms with Crippen molar-refractivity contribution in [3.63, 3.8) is 0 Å². The summed E-state index contributed by atoms with van der Waals surface area (Å²) in [6.45, 7) is 7.42. The van der Waals surface area contributed by atoms with Gasteiger partial charge in [0.25, 0.3) is 0 Å². The summed E-state index contributed by atoms with van der Waals surface area (Å²) in [4.78, 5) is 0. The number of rotatable bonds is 6. The quantitative estimate of drug-likeness (QED) is 0.786. The molecule has 0 atom stereocenters. The van der Waals surface area contributed by atoms with Crippen LogP contribution in [0, 0.1) is 5.92 Å². The molecule has 0 unspecified atom stereocenters. The van der Waals surface area contributed by atoms with Crippen molar-refractivity contribution in [1.82, 2.24) is 0 Å². The Kier molecular flexibility index (Phi) is 5.99. The van der Waals surface area contributed by atoms with Crippen LogP contribution in [0.25, 0.3) is 5.57 Å². The van der Waals surface area contributed by atoms with E-state index in [4.69, 9.17) is 5.73 Å². The molecule has 0 spiro atoms. The van der Waals surface area contributed by atoms with Crippen LogP contribution in [0.3, 0.4) is 0 Å². The van der Waals surface area contributed by atoms with Crippen molar-refractivity contribution in [3.05, 3.63) is 41.5 Å². The Morgan fingerprint density at radius 3 is 2.35 bits per heavy atom. The molecule has 94 valence electrons. The summed E-state index contributed by atoms with van der Waals surface area (Å²) in [5, 5.41) is 0. The molecule has 1 aromatic carbocycles. The molecule has 0 fully saturated rings. The summed E-state index contributed by atoms with van der Waals surface area (Å²) < 4.78 is 0. The molecular formula is C16H25N. The van der Waals surface area contributed by atoms with Crippen molar-refractivity contribution in [2.45, 2.75) is 40.0 Å². The minimum atomic E-state index is 0.554. The smallest absolute Gasteiger partial charge is 0.00424 e. The highest BCUT2D eigenvalue weighted by molar-refractivity contribution is 5.67. The summed E-state index contributed by atoms with van der Waals surface area (Å²) in [7, 11) is 0. The number of benzene rings is 1. The maximum atomic E-state index is 5.57. The highest BCUT2D eigenvalue weighted by Crippen LogP contribution is 2.24. The zero-order valence-corrected chi connectivity index (χ0v) is 11.4. The van der Waals surface area contributed by atoms with Gasteiger partial charge in [0.05, 0.1) is 0 Å². The number of nitrogens with two attached hydrogens (primary N) is 1. The molecule has 17 heavy (non-hydrogen) atoms. The van der Waals surface area contributed by atoms with E-state index < -0.39 is 0 Å². The van der Waals surface area contributed by atoms with Gasteiger partial charge in [0.2, 0.25) is 0 Å². The van der Waals surface area contributed by atoms with Gasteiger partial charge in [-0.3, -0.25) is 0 Å². The Balaban J connectivity index is 2.87. The lowest BCUT2D eigenvalue weighted by Crippen LogP contribution is -1.99. The minimum absolute atomic E-state index is 0.554. The second-order valence-corrected chi connectivity index (χ2v) is 4.84. The van der Waals surface area contributed by atoms with Crippen LogP contribution >= 0.6 is 0 Å². The van der Waals surface area contributed by atoms with Gasteiger partial charge < -0.3 is 5.73 Å². The molecule has 0 bridgehead atoms. The molecule has 0 amide bonds. The summed E-state index contributed by atoms with van der Waals surface area (Å²) in [6, 6.07) is 8.98. The van der Waals surface area contributed by atoms with E-state index in [-0.39, 0.29) is 0 Å². The zero-order chi connectivity index (χ0) is 12.7. The fourth-order valence-corrected chi connectivity index (χ4v) is 2.08. The maximum absolute atomic E-state index is 5.57. The third-order valence-electron chi connectivity index (χ3n) is 2.98. The van der Waals surface area contributed by atoms with E-state index >= 15 is 0 Å². The van der Waals surface area contributed by atoms with E-state index in [1.54, 1.807) is 0 Å². The first-order valence-corrected chi connectivity index (χ1v) is 6.68. The van der Waals surface area contributed by atoms with Gasteiger partial charge >= 0.3 is 0 Å². The first kappa shape index (κ1) is 14.0. The van der Waals surface area contributed by atoms with Crippen LogP contribution in [0.5, 0.6) is 0 Å². The van der Waals surface area contributed by atoms with Crippen LogP contribution in [0.4, 0.5) is 0 Å². The summed E-state index contributed by atoms with van der Waals surface area (Å²) in [6.07, 6.45) is 5.62. The Labute approximate surface area is 106 Å². The molecule has 1 heteroatoms. The minimum Gasteiger partial charge on any atom is -0.330 e. The molecule has 0 aliphatic carbocycles. The van der Waals surface area contributed by atoms with E-state index in [0.29, 0.717) is 5.92 Å². The molecule has 1 aromatic rings. The standard InChI is InChI=1S/C16H25N/c1-4-6-14-8-10-15(11-9-14)16(13(2)3)7-5-12-17/h7-11,13H,4-6,12,17H2,1-3H3/b16-7+. The van der Waals surface area contributed by atoms with Crippen LogP contribution in [0.2, 0.25) is 0 Å². The van der Waals surface area contributed by atoms with Gasteiger partial charge in [-0.15, -0.1) is 0 Å². The molecule has 0 saturated heterocycles. The van der Waals surface area contributed by atoms with Crippen LogP contribution in [0.1, 0.15) is 44.7 Å².